The van der Waals surface area contributed by atoms with Crippen LogP contribution >= 0.6 is 35.0 Å². The Labute approximate surface area is 179 Å². The third-order valence-electron chi connectivity index (χ3n) is 4.64. The van der Waals surface area contributed by atoms with E-state index in [1.165, 1.54) is 11.8 Å². The van der Waals surface area contributed by atoms with Gasteiger partial charge in [0.25, 0.3) is 5.56 Å². The number of hydrogen-bond donors (Lipinski definition) is 2. The van der Waals surface area contributed by atoms with Crippen LogP contribution in [-0.4, -0.2) is 15.0 Å². The summed E-state index contributed by atoms with van der Waals surface area (Å²) >= 11 is 14.1. The van der Waals surface area contributed by atoms with Crippen molar-refractivity contribution in [1.29, 1.82) is 0 Å². The average molecular weight is 438 g/mol. The monoisotopic (exact) mass is 437 g/mol. The first kappa shape index (κ1) is 18.3. The molecule has 2 aromatic heterocycles. The lowest BCUT2D eigenvalue weighted by Gasteiger charge is -2.13. The number of aromatic nitrogens is 3. The van der Waals surface area contributed by atoms with Crippen LogP contribution in [0.3, 0.4) is 0 Å². The molecule has 142 valence electrons. The van der Waals surface area contributed by atoms with Gasteiger partial charge in [-0.3, -0.25) is 4.79 Å². The molecule has 0 fully saturated rings. The van der Waals surface area contributed by atoms with Crippen LogP contribution in [0.25, 0.3) is 33.1 Å². The normalized spacial score (nSPS) is 11.4. The zero-order valence-electron chi connectivity index (χ0n) is 14.9. The van der Waals surface area contributed by atoms with Gasteiger partial charge in [0.05, 0.1) is 15.9 Å². The van der Waals surface area contributed by atoms with Gasteiger partial charge in [0.15, 0.2) is 5.16 Å². The van der Waals surface area contributed by atoms with Gasteiger partial charge >= 0.3 is 0 Å². The van der Waals surface area contributed by atoms with Crippen molar-refractivity contribution in [2.45, 2.75) is 10.1 Å². The molecule has 4 nitrogen and oxygen atoms in total. The highest BCUT2D eigenvalue weighted by Gasteiger charge is 2.19. The van der Waals surface area contributed by atoms with Crippen LogP contribution in [0.1, 0.15) is 0 Å². The maximum Gasteiger partial charge on any atom is 0.263 e. The smallest absolute Gasteiger partial charge is 0.263 e. The second kappa shape index (κ2) is 7.26. The minimum Gasteiger partial charge on any atom is -0.333 e. The first-order chi connectivity index (χ1) is 14.1. The van der Waals surface area contributed by atoms with Crippen molar-refractivity contribution < 1.29 is 0 Å². The lowest BCUT2D eigenvalue weighted by molar-refractivity contribution is 1.07. The van der Waals surface area contributed by atoms with Crippen molar-refractivity contribution in [2.24, 2.45) is 0 Å². The van der Waals surface area contributed by atoms with Gasteiger partial charge in [0.2, 0.25) is 0 Å². The molecule has 5 rings (SSSR count). The Morgan fingerprint density at radius 1 is 0.862 bits per heavy atom. The van der Waals surface area contributed by atoms with Crippen molar-refractivity contribution in [1.82, 2.24) is 15.0 Å². The van der Waals surface area contributed by atoms with Crippen molar-refractivity contribution >= 4 is 56.9 Å². The van der Waals surface area contributed by atoms with Crippen molar-refractivity contribution in [3.63, 3.8) is 0 Å². The van der Waals surface area contributed by atoms with Crippen molar-refractivity contribution in [2.75, 3.05) is 0 Å². The van der Waals surface area contributed by atoms with Crippen LogP contribution in [0, 0.1) is 0 Å². The molecule has 0 amide bonds. The van der Waals surface area contributed by atoms with Gasteiger partial charge < -0.3 is 9.97 Å². The fraction of sp³-hybridized carbons (Fsp3) is 0. The number of benzene rings is 3. The van der Waals surface area contributed by atoms with Crippen LogP contribution in [0.5, 0.6) is 0 Å². The number of halogens is 2. The first-order valence-electron chi connectivity index (χ1n) is 8.83. The summed E-state index contributed by atoms with van der Waals surface area (Å²) in [5.74, 6) is 0. The summed E-state index contributed by atoms with van der Waals surface area (Å²) in [6, 6.07) is 20.6. The van der Waals surface area contributed by atoms with Crippen molar-refractivity contribution in [3.05, 3.63) is 87.1 Å². The van der Waals surface area contributed by atoms with Crippen LogP contribution < -0.4 is 5.56 Å². The number of pyridine rings is 1. The highest BCUT2D eigenvalue weighted by atomic mass is 35.5. The van der Waals surface area contributed by atoms with E-state index in [0.717, 1.165) is 27.5 Å². The van der Waals surface area contributed by atoms with E-state index in [-0.39, 0.29) is 5.56 Å². The minimum atomic E-state index is -0.208. The van der Waals surface area contributed by atoms with E-state index in [1.807, 2.05) is 54.6 Å². The van der Waals surface area contributed by atoms with Crippen molar-refractivity contribution in [3.8, 4) is 11.1 Å². The van der Waals surface area contributed by atoms with Gasteiger partial charge in [0.1, 0.15) is 0 Å². The molecule has 0 aliphatic rings. The van der Waals surface area contributed by atoms with Crippen LogP contribution in [0.15, 0.2) is 81.6 Å². The number of rotatable bonds is 3. The maximum atomic E-state index is 13.0. The molecule has 0 unspecified atom stereocenters. The van der Waals surface area contributed by atoms with E-state index in [4.69, 9.17) is 23.2 Å². The number of para-hydroxylation sites is 2. The maximum absolute atomic E-state index is 13.0. The largest absolute Gasteiger partial charge is 0.333 e. The molecule has 0 aliphatic heterocycles. The van der Waals surface area contributed by atoms with E-state index in [0.29, 0.717) is 25.6 Å². The summed E-state index contributed by atoms with van der Waals surface area (Å²) in [7, 11) is 0. The van der Waals surface area contributed by atoms with Gasteiger partial charge in [-0.1, -0.05) is 53.5 Å². The molecule has 0 saturated carbocycles. The highest BCUT2D eigenvalue weighted by Crippen LogP contribution is 2.40. The van der Waals surface area contributed by atoms with Gasteiger partial charge in [-0.2, -0.15) is 0 Å². The molecule has 2 N–H and O–H groups in total. The molecule has 2 heterocycles. The summed E-state index contributed by atoms with van der Waals surface area (Å²) in [4.78, 5) is 24.4. The summed E-state index contributed by atoms with van der Waals surface area (Å²) in [6.45, 7) is 0. The summed E-state index contributed by atoms with van der Waals surface area (Å²) in [5, 5.41) is 2.60. The summed E-state index contributed by atoms with van der Waals surface area (Å²) in [5.41, 5.74) is 3.75. The third-order valence-corrected chi connectivity index (χ3v) is 6.19. The zero-order chi connectivity index (χ0) is 20.0. The molecular formula is C22H13Cl2N3OS. The van der Waals surface area contributed by atoms with Gasteiger partial charge in [0, 0.05) is 32.1 Å². The van der Waals surface area contributed by atoms with Crippen LogP contribution in [0.4, 0.5) is 0 Å². The first-order valence-corrected chi connectivity index (χ1v) is 10.4. The van der Waals surface area contributed by atoms with E-state index >= 15 is 0 Å². The Hall–Kier alpha value is -2.73. The molecule has 5 aromatic rings. The lowest BCUT2D eigenvalue weighted by Crippen LogP contribution is -2.10. The molecule has 0 radical (unpaired) electrons. The van der Waals surface area contributed by atoms with E-state index in [9.17, 15) is 4.79 Å². The Kier molecular flexibility index (Phi) is 4.59. The number of hydrogen-bond acceptors (Lipinski definition) is 3. The molecular weight excluding hydrogens is 425 g/mol. The Morgan fingerprint density at radius 2 is 1.66 bits per heavy atom. The molecule has 0 saturated heterocycles. The molecule has 0 bridgehead atoms. The molecule has 3 aromatic carbocycles. The summed E-state index contributed by atoms with van der Waals surface area (Å²) in [6.07, 6.45) is 0. The molecule has 0 atom stereocenters. The van der Waals surface area contributed by atoms with Gasteiger partial charge in [-0.15, -0.1) is 0 Å². The second-order valence-electron chi connectivity index (χ2n) is 6.49. The van der Waals surface area contributed by atoms with Crippen LogP contribution in [-0.2, 0) is 0 Å². The standard InChI is InChI=1S/C22H13Cl2N3OS/c23-12-9-10-16-14(11-12)19(13-5-1-2-6-15(13)24)20(21(28)25-16)29-22-26-17-7-3-4-8-18(17)27-22/h1-11H,(H,25,28)(H,26,27). The number of fused-ring (bicyclic) bond motifs is 2. The Morgan fingerprint density at radius 3 is 2.48 bits per heavy atom. The van der Waals surface area contributed by atoms with Gasteiger partial charge in [-0.25, -0.2) is 4.98 Å². The molecule has 29 heavy (non-hydrogen) atoms. The average Bonchev–Trinajstić information content (AvgIpc) is 3.12. The third kappa shape index (κ3) is 3.31. The number of nitrogens with zero attached hydrogens (tertiary/aromatic N) is 1. The lowest BCUT2D eigenvalue weighted by atomic mass is 10.0. The number of H-pyrrole nitrogens is 2. The Balaban J connectivity index is 1.80. The topological polar surface area (TPSA) is 61.5 Å². The molecule has 7 heteroatoms. The number of nitrogens with one attached hydrogen (secondary N) is 2. The zero-order valence-corrected chi connectivity index (χ0v) is 17.2. The van der Waals surface area contributed by atoms with E-state index in [1.54, 1.807) is 12.1 Å². The second-order valence-corrected chi connectivity index (χ2v) is 8.33. The predicted octanol–water partition coefficient (Wildman–Crippen LogP) is 6.53. The Bertz CT molecular complexity index is 1410. The predicted molar refractivity (Wildman–Crippen MR) is 120 cm³/mol. The fourth-order valence-corrected chi connectivity index (χ4v) is 4.72. The van der Waals surface area contributed by atoms with Gasteiger partial charge in [-0.05, 0) is 48.2 Å². The SMILES string of the molecule is O=c1[nH]c2ccc(Cl)cc2c(-c2ccccc2Cl)c1Sc1nc2ccccc2[nH]1. The fourth-order valence-electron chi connectivity index (χ4n) is 3.35. The summed E-state index contributed by atoms with van der Waals surface area (Å²) < 4.78 is 0. The molecule has 0 aliphatic carbocycles. The number of aromatic amines is 2. The van der Waals surface area contributed by atoms with E-state index < -0.39 is 0 Å². The highest BCUT2D eigenvalue weighted by molar-refractivity contribution is 7.99. The van der Waals surface area contributed by atoms with E-state index in [2.05, 4.69) is 15.0 Å². The molecule has 0 spiro atoms. The number of imidazole rings is 1. The van der Waals surface area contributed by atoms with Crippen LogP contribution in [0.2, 0.25) is 10.0 Å². The minimum absolute atomic E-state index is 0.208. The quantitative estimate of drug-likeness (QED) is 0.337.